The Hall–Kier alpha value is -2.55. The smallest absolute Gasteiger partial charge is 0.380 e. The first kappa shape index (κ1) is 20.7. The van der Waals surface area contributed by atoms with Crippen molar-refractivity contribution in [3.8, 4) is 0 Å². The summed E-state index contributed by atoms with van der Waals surface area (Å²) in [5, 5.41) is 3.10. The molecule has 4 rings (SSSR count). The largest absolute Gasteiger partial charge is 0.419 e. The molecule has 0 spiro atoms. The highest BCUT2D eigenvalue weighted by molar-refractivity contribution is 5.60. The van der Waals surface area contributed by atoms with E-state index in [1.54, 1.807) is 6.07 Å². The molecule has 0 amide bonds. The van der Waals surface area contributed by atoms with Gasteiger partial charge in [0, 0.05) is 50.2 Å². The molecule has 2 saturated heterocycles. The fourth-order valence-electron chi connectivity index (χ4n) is 3.98. The van der Waals surface area contributed by atoms with Gasteiger partial charge in [0.1, 0.15) is 11.6 Å². The molecule has 1 atom stereocenters. The van der Waals surface area contributed by atoms with Gasteiger partial charge in [-0.15, -0.1) is 0 Å². The third-order valence-corrected chi connectivity index (χ3v) is 5.48. The second-order valence-corrected chi connectivity index (χ2v) is 7.59. The zero-order chi connectivity index (χ0) is 21.1. The van der Waals surface area contributed by atoms with E-state index in [0.717, 1.165) is 31.3 Å². The molecular weight excluding hydrogens is 400 g/mol. The van der Waals surface area contributed by atoms with E-state index >= 15 is 0 Å². The van der Waals surface area contributed by atoms with E-state index in [4.69, 9.17) is 4.74 Å². The van der Waals surface area contributed by atoms with E-state index in [1.807, 2.05) is 15.9 Å². The lowest BCUT2D eigenvalue weighted by Gasteiger charge is -2.36. The van der Waals surface area contributed by atoms with Crippen LogP contribution in [-0.2, 0) is 10.9 Å². The summed E-state index contributed by atoms with van der Waals surface area (Å²) in [6.07, 6.45) is -2.06. The van der Waals surface area contributed by atoms with Crippen LogP contribution in [0.15, 0.2) is 36.5 Å². The molecule has 2 fully saturated rings. The molecule has 2 aliphatic rings. The molecule has 2 aromatic rings. The molecule has 0 aliphatic carbocycles. The molecule has 9 heteroatoms. The summed E-state index contributed by atoms with van der Waals surface area (Å²) in [6, 6.07) is 7.57. The lowest BCUT2D eigenvalue weighted by Crippen LogP contribution is -2.42. The van der Waals surface area contributed by atoms with Crippen molar-refractivity contribution in [3.05, 3.63) is 47.9 Å². The molecule has 5 nitrogen and oxygen atoms in total. The fraction of sp³-hybridized carbons (Fsp3) is 0.476. The fourth-order valence-corrected chi connectivity index (χ4v) is 3.98. The number of halogens is 4. The third kappa shape index (κ3) is 4.77. The Balaban J connectivity index is 1.55. The SMILES string of the molecule is Fc1cccc(N2CCC[C@@H](Nc3cc(N4CCOCC4)ncc3C(F)(F)F)C2)c1. The minimum absolute atomic E-state index is 0.0325. The first-order valence-electron chi connectivity index (χ1n) is 10.1. The first-order chi connectivity index (χ1) is 14.4. The molecule has 2 aliphatic heterocycles. The lowest BCUT2D eigenvalue weighted by molar-refractivity contribution is -0.137. The molecule has 3 heterocycles. The van der Waals surface area contributed by atoms with Crippen LogP contribution < -0.4 is 15.1 Å². The van der Waals surface area contributed by atoms with Gasteiger partial charge < -0.3 is 19.9 Å². The highest BCUT2D eigenvalue weighted by atomic mass is 19.4. The van der Waals surface area contributed by atoms with Crippen LogP contribution in [0.4, 0.5) is 34.8 Å². The van der Waals surface area contributed by atoms with Gasteiger partial charge in [-0.1, -0.05) is 6.07 Å². The number of anilines is 3. The van der Waals surface area contributed by atoms with Crippen molar-refractivity contribution >= 4 is 17.2 Å². The number of hydrogen-bond donors (Lipinski definition) is 1. The number of benzene rings is 1. The van der Waals surface area contributed by atoms with Gasteiger partial charge in [-0.2, -0.15) is 13.2 Å². The second kappa shape index (κ2) is 8.67. The zero-order valence-electron chi connectivity index (χ0n) is 16.5. The summed E-state index contributed by atoms with van der Waals surface area (Å²) >= 11 is 0. The van der Waals surface area contributed by atoms with Gasteiger partial charge in [-0.25, -0.2) is 9.37 Å². The molecule has 1 N–H and O–H groups in total. The Morgan fingerprint density at radius 2 is 1.87 bits per heavy atom. The van der Waals surface area contributed by atoms with Gasteiger partial charge in [-0.05, 0) is 31.0 Å². The van der Waals surface area contributed by atoms with Crippen LogP contribution in [0.1, 0.15) is 18.4 Å². The van der Waals surface area contributed by atoms with Crippen LogP contribution in [0.25, 0.3) is 0 Å². The Morgan fingerprint density at radius 1 is 1.07 bits per heavy atom. The average Bonchev–Trinajstić information content (AvgIpc) is 2.74. The number of aromatic nitrogens is 1. The molecule has 0 saturated carbocycles. The number of piperidine rings is 1. The highest BCUT2D eigenvalue weighted by Crippen LogP contribution is 2.37. The van der Waals surface area contributed by atoms with Gasteiger partial charge in [0.2, 0.25) is 0 Å². The quantitative estimate of drug-likeness (QED) is 0.747. The van der Waals surface area contributed by atoms with Crippen LogP contribution in [0, 0.1) is 5.82 Å². The van der Waals surface area contributed by atoms with E-state index in [9.17, 15) is 17.6 Å². The van der Waals surface area contributed by atoms with Gasteiger partial charge in [0.25, 0.3) is 0 Å². The average molecular weight is 424 g/mol. The Labute approximate surface area is 172 Å². The van der Waals surface area contributed by atoms with E-state index in [0.29, 0.717) is 38.7 Å². The maximum atomic E-state index is 13.6. The maximum Gasteiger partial charge on any atom is 0.419 e. The Morgan fingerprint density at radius 3 is 2.60 bits per heavy atom. The van der Waals surface area contributed by atoms with Crippen LogP contribution in [-0.4, -0.2) is 50.4 Å². The number of ether oxygens (including phenoxy) is 1. The summed E-state index contributed by atoms with van der Waals surface area (Å²) in [5.74, 6) is 0.179. The zero-order valence-corrected chi connectivity index (χ0v) is 16.5. The number of rotatable bonds is 4. The minimum atomic E-state index is -4.50. The number of pyridine rings is 1. The summed E-state index contributed by atoms with van der Waals surface area (Å²) in [5.41, 5.74) is -0.00579. The minimum Gasteiger partial charge on any atom is -0.380 e. The lowest BCUT2D eigenvalue weighted by atomic mass is 10.0. The second-order valence-electron chi connectivity index (χ2n) is 7.59. The van der Waals surface area contributed by atoms with Gasteiger partial charge >= 0.3 is 6.18 Å². The van der Waals surface area contributed by atoms with Crippen molar-refractivity contribution in [1.29, 1.82) is 0 Å². The normalized spacial score (nSPS) is 20.3. The molecule has 1 aromatic carbocycles. The van der Waals surface area contributed by atoms with Crippen molar-refractivity contribution in [3.63, 3.8) is 0 Å². The monoisotopic (exact) mass is 424 g/mol. The van der Waals surface area contributed by atoms with Crippen LogP contribution >= 0.6 is 0 Å². The number of morpholine rings is 1. The van der Waals surface area contributed by atoms with Crippen molar-refractivity contribution in [2.45, 2.75) is 25.1 Å². The van der Waals surface area contributed by atoms with Crippen molar-refractivity contribution in [2.75, 3.05) is 54.5 Å². The van der Waals surface area contributed by atoms with Gasteiger partial charge in [0.15, 0.2) is 0 Å². The maximum absolute atomic E-state index is 13.6. The van der Waals surface area contributed by atoms with Gasteiger partial charge in [0.05, 0.1) is 24.5 Å². The first-order valence-corrected chi connectivity index (χ1v) is 10.1. The van der Waals surface area contributed by atoms with Gasteiger partial charge in [-0.3, -0.25) is 0 Å². The van der Waals surface area contributed by atoms with Crippen LogP contribution in [0.5, 0.6) is 0 Å². The number of alkyl halides is 3. The molecule has 0 bridgehead atoms. The van der Waals surface area contributed by atoms with E-state index in [-0.39, 0.29) is 17.5 Å². The van der Waals surface area contributed by atoms with E-state index < -0.39 is 11.7 Å². The van der Waals surface area contributed by atoms with E-state index in [2.05, 4.69) is 10.3 Å². The molecule has 162 valence electrons. The molecule has 0 unspecified atom stereocenters. The number of nitrogens with one attached hydrogen (secondary N) is 1. The summed E-state index contributed by atoms with van der Waals surface area (Å²) < 4.78 is 59.7. The summed E-state index contributed by atoms with van der Waals surface area (Å²) in [4.78, 5) is 7.98. The van der Waals surface area contributed by atoms with Crippen LogP contribution in [0.3, 0.4) is 0 Å². The highest BCUT2D eigenvalue weighted by Gasteiger charge is 2.35. The third-order valence-electron chi connectivity index (χ3n) is 5.48. The van der Waals surface area contributed by atoms with Crippen molar-refractivity contribution < 1.29 is 22.3 Å². The molecule has 0 radical (unpaired) electrons. The standard InChI is InChI=1S/C21H24F4N4O/c22-15-3-1-5-17(11-15)29-6-2-4-16(14-29)27-19-12-20(28-7-9-30-10-8-28)26-13-18(19)21(23,24)25/h1,3,5,11-13,16H,2,4,6-10,14H2,(H,26,27)/t16-/m1/s1. The predicted molar refractivity (Wildman–Crippen MR) is 108 cm³/mol. The number of hydrogen-bond acceptors (Lipinski definition) is 5. The van der Waals surface area contributed by atoms with E-state index in [1.165, 1.54) is 18.2 Å². The summed E-state index contributed by atoms with van der Waals surface area (Å²) in [7, 11) is 0. The predicted octanol–water partition coefficient (Wildman–Crippen LogP) is 4.16. The molecule has 1 aromatic heterocycles. The van der Waals surface area contributed by atoms with Crippen molar-refractivity contribution in [1.82, 2.24) is 4.98 Å². The summed E-state index contributed by atoms with van der Waals surface area (Å²) in [6.45, 7) is 3.47. The molecule has 30 heavy (non-hydrogen) atoms. The Bertz CT molecular complexity index is 870. The Kier molecular flexibility index (Phi) is 5.99. The topological polar surface area (TPSA) is 40.6 Å². The number of nitrogens with zero attached hydrogens (tertiary/aromatic N) is 3. The van der Waals surface area contributed by atoms with Crippen LogP contribution in [0.2, 0.25) is 0 Å². The molecular formula is C21H24F4N4O. The van der Waals surface area contributed by atoms with Crippen molar-refractivity contribution in [2.24, 2.45) is 0 Å².